The van der Waals surface area contributed by atoms with Gasteiger partial charge in [-0.3, -0.25) is 0 Å². The summed E-state index contributed by atoms with van der Waals surface area (Å²) in [5.41, 5.74) is 0. The van der Waals surface area contributed by atoms with Gasteiger partial charge in [0, 0.05) is 13.1 Å². The number of aliphatic carboxylic acids is 1. The van der Waals surface area contributed by atoms with Gasteiger partial charge in [-0.15, -0.1) is 0 Å². The first-order chi connectivity index (χ1) is 11.2. The summed E-state index contributed by atoms with van der Waals surface area (Å²) >= 11 is 0. The van der Waals surface area contributed by atoms with Crippen LogP contribution in [0.2, 0.25) is 0 Å². The Balaban J connectivity index is 1.99. The van der Waals surface area contributed by atoms with Gasteiger partial charge in [-0.1, -0.05) is 0 Å². The molecule has 7 heteroatoms. The van der Waals surface area contributed by atoms with Crippen molar-refractivity contribution in [2.75, 3.05) is 40.1 Å². The van der Waals surface area contributed by atoms with Crippen LogP contribution >= 0.6 is 0 Å². The maximum atomic E-state index is 10.3. The van der Waals surface area contributed by atoms with Crippen LogP contribution in [0.1, 0.15) is 25.7 Å². The van der Waals surface area contributed by atoms with Gasteiger partial charge in [0.2, 0.25) is 6.33 Å². The van der Waals surface area contributed by atoms with E-state index in [2.05, 4.69) is 9.13 Å². The van der Waals surface area contributed by atoms with Crippen LogP contribution < -0.4 is 9.67 Å². The Kier molecular flexibility index (Phi) is 11.1. The molecule has 0 aromatic carbocycles. The summed E-state index contributed by atoms with van der Waals surface area (Å²) in [5, 5.41) is 10.3. The fraction of sp³-hybridized carbons (Fsp3) is 0.750. The number of carbonyl (C=O) groups excluding carboxylic acids is 1. The number of rotatable bonds is 15. The number of ether oxygens (including phenoxy) is 3. The minimum absolute atomic E-state index is 0.151. The van der Waals surface area contributed by atoms with Crippen LogP contribution in [0.5, 0.6) is 0 Å². The Hall–Kier alpha value is -1.44. The zero-order valence-corrected chi connectivity index (χ0v) is 13.9. The number of hydrogen-bond acceptors (Lipinski definition) is 5. The van der Waals surface area contributed by atoms with Crippen molar-refractivity contribution in [2.45, 2.75) is 38.8 Å². The normalized spacial score (nSPS) is 11.0. The molecular weight excluding hydrogens is 300 g/mol. The van der Waals surface area contributed by atoms with Crippen molar-refractivity contribution in [2.24, 2.45) is 0 Å². The Bertz CT molecular complexity index is 422. The zero-order valence-electron chi connectivity index (χ0n) is 13.9. The monoisotopic (exact) mass is 328 g/mol. The number of methoxy groups -OCH3 is 1. The third-order valence-corrected chi connectivity index (χ3v) is 3.34. The van der Waals surface area contributed by atoms with Crippen molar-refractivity contribution in [3.05, 3.63) is 18.7 Å². The molecule has 7 nitrogen and oxygen atoms in total. The Morgan fingerprint density at radius 2 is 1.83 bits per heavy atom. The van der Waals surface area contributed by atoms with Gasteiger partial charge in [0.15, 0.2) is 0 Å². The maximum Gasteiger partial charge on any atom is 0.243 e. The molecule has 1 aromatic rings. The molecule has 1 aromatic heterocycles. The van der Waals surface area contributed by atoms with Crippen LogP contribution in [-0.2, 0) is 32.1 Å². The van der Waals surface area contributed by atoms with Crippen molar-refractivity contribution in [1.29, 1.82) is 0 Å². The summed E-state index contributed by atoms with van der Waals surface area (Å²) in [7, 11) is 1.65. The van der Waals surface area contributed by atoms with Crippen molar-refractivity contribution < 1.29 is 28.7 Å². The molecule has 0 unspecified atom stereocenters. The van der Waals surface area contributed by atoms with Gasteiger partial charge >= 0.3 is 0 Å². The molecule has 0 atom stereocenters. The first kappa shape index (κ1) is 19.6. The van der Waals surface area contributed by atoms with E-state index in [1.54, 1.807) is 7.11 Å². The second-order valence-electron chi connectivity index (χ2n) is 5.29. The molecule has 0 bridgehead atoms. The summed E-state index contributed by atoms with van der Waals surface area (Å²) in [6.45, 7) is 4.72. The molecule has 1 heterocycles. The van der Waals surface area contributed by atoms with Crippen LogP contribution in [-0.4, -0.2) is 50.7 Å². The predicted octanol–water partition coefficient (Wildman–Crippen LogP) is -0.234. The summed E-state index contributed by atoms with van der Waals surface area (Å²) in [6.07, 6.45) is 8.78. The largest absolute Gasteiger partial charge is 0.550 e. The minimum atomic E-state index is -0.965. The molecule has 0 amide bonds. The molecule has 0 saturated carbocycles. The van der Waals surface area contributed by atoms with Gasteiger partial charge in [0.25, 0.3) is 0 Å². The number of carboxylic acids is 1. The van der Waals surface area contributed by atoms with Crippen LogP contribution in [0.3, 0.4) is 0 Å². The lowest BCUT2D eigenvalue weighted by Crippen LogP contribution is -2.31. The third kappa shape index (κ3) is 10.8. The van der Waals surface area contributed by atoms with E-state index in [-0.39, 0.29) is 6.42 Å². The fourth-order valence-electron chi connectivity index (χ4n) is 2.08. The molecule has 0 radical (unpaired) electrons. The molecule has 132 valence electrons. The fourth-order valence-corrected chi connectivity index (χ4v) is 2.08. The molecule has 0 aliphatic heterocycles. The molecular formula is C16H28N2O5. The Labute approximate surface area is 137 Å². The smallest absolute Gasteiger partial charge is 0.243 e. The zero-order chi connectivity index (χ0) is 16.8. The van der Waals surface area contributed by atoms with Gasteiger partial charge < -0.3 is 24.1 Å². The van der Waals surface area contributed by atoms with E-state index in [9.17, 15) is 9.90 Å². The van der Waals surface area contributed by atoms with E-state index in [0.717, 1.165) is 25.9 Å². The van der Waals surface area contributed by atoms with Crippen LogP contribution in [0.25, 0.3) is 0 Å². The number of unbranched alkanes of at least 4 members (excludes halogenated alkanes) is 2. The van der Waals surface area contributed by atoms with Crippen molar-refractivity contribution >= 4 is 5.97 Å². The average Bonchev–Trinajstić information content (AvgIpc) is 2.97. The van der Waals surface area contributed by atoms with Gasteiger partial charge in [-0.05, 0) is 25.7 Å². The molecule has 0 fully saturated rings. The highest BCUT2D eigenvalue weighted by Gasteiger charge is 2.03. The van der Waals surface area contributed by atoms with E-state index in [1.807, 2.05) is 18.7 Å². The summed E-state index contributed by atoms with van der Waals surface area (Å²) in [5.74, 6) is -0.965. The lowest BCUT2D eigenvalue weighted by molar-refractivity contribution is -0.696. The van der Waals surface area contributed by atoms with Gasteiger partial charge in [-0.25, -0.2) is 9.13 Å². The number of nitrogens with zero attached hydrogens (tertiary/aromatic N) is 2. The summed E-state index contributed by atoms with van der Waals surface area (Å²) in [4.78, 5) is 10.3. The number of imidazole rings is 1. The number of hydrogen-bond donors (Lipinski definition) is 0. The first-order valence-electron chi connectivity index (χ1n) is 8.11. The van der Waals surface area contributed by atoms with E-state index < -0.39 is 5.97 Å². The molecule has 0 N–H and O–H groups in total. The average molecular weight is 328 g/mol. The second kappa shape index (κ2) is 13.0. The molecule has 0 saturated heterocycles. The summed E-state index contributed by atoms with van der Waals surface area (Å²) < 4.78 is 19.9. The van der Waals surface area contributed by atoms with Crippen LogP contribution in [0.15, 0.2) is 18.7 Å². The lowest BCUT2D eigenvalue weighted by Gasteiger charge is -2.04. The van der Waals surface area contributed by atoms with Crippen molar-refractivity contribution in [3.63, 3.8) is 0 Å². The van der Waals surface area contributed by atoms with E-state index in [1.165, 1.54) is 0 Å². The molecule has 0 spiro atoms. The number of carbonyl (C=O) groups is 1. The number of carboxylic acid groups (broad SMARTS) is 1. The van der Waals surface area contributed by atoms with E-state index in [4.69, 9.17) is 14.2 Å². The first-order valence-corrected chi connectivity index (χ1v) is 8.11. The van der Waals surface area contributed by atoms with Crippen molar-refractivity contribution in [3.8, 4) is 0 Å². The number of aromatic nitrogens is 2. The molecule has 1 rings (SSSR count). The van der Waals surface area contributed by atoms with Crippen LogP contribution in [0.4, 0.5) is 0 Å². The third-order valence-electron chi connectivity index (χ3n) is 3.34. The highest BCUT2D eigenvalue weighted by Crippen LogP contribution is 1.99. The highest BCUT2D eigenvalue weighted by molar-refractivity contribution is 5.63. The molecule has 0 aliphatic rings. The Morgan fingerprint density at radius 1 is 1.09 bits per heavy atom. The lowest BCUT2D eigenvalue weighted by atomic mass is 10.2. The maximum absolute atomic E-state index is 10.3. The highest BCUT2D eigenvalue weighted by atomic mass is 16.5. The second-order valence-corrected chi connectivity index (χ2v) is 5.29. The predicted molar refractivity (Wildman–Crippen MR) is 81.6 cm³/mol. The summed E-state index contributed by atoms with van der Waals surface area (Å²) in [6, 6.07) is 0. The number of aryl methyl sites for hydroxylation is 1. The van der Waals surface area contributed by atoms with Gasteiger partial charge in [0.05, 0.1) is 39.6 Å². The SMILES string of the molecule is COCCOCCOCCn1cc[n+](CCCCCC(=O)[O-])c1. The minimum Gasteiger partial charge on any atom is -0.550 e. The van der Waals surface area contributed by atoms with Crippen molar-refractivity contribution in [1.82, 2.24) is 4.57 Å². The van der Waals surface area contributed by atoms with Crippen LogP contribution in [0, 0.1) is 0 Å². The topological polar surface area (TPSA) is 76.6 Å². The van der Waals surface area contributed by atoms with E-state index in [0.29, 0.717) is 39.5 Å². The van der Waals surface area contributed by atoms with Gasteiger partial charge in [0.1, 0.15) is 18.9 Å². The van der Waals surface area contributed by atoms with E-state index >= 15 is 0 Å². The Morgan fingerprint density at radius 3 is 2.57 bits per heavy atom. The standard InChI is InChI=1S/C16H28N2O5/c1-21-11-12-23-14-13-22-10-9-18-8-7-17(15-18)6-4-2-3-5-16(19)20/h7-8,15H,2-6,9-14H2,1H3. The molecule has 0 aliphatic carbocycles. The van der Waals surface area contributed by atoms with Gasteiger partial charge in [-0.2, -0.15) is 0 Å². The molecule has 23 heavy (non-hydrogen) atoms. The quantitative estimate of drug-likeness (QED) is 0.328.